The van der Waals surface area contributed by atoms with Crippen LogP contribution in [0.4, 0.5) is 36.2 Å². The zero-order valence-electron chi connectivity index (χ0n) is 21.1. The van der Waals surface area contributed by atoms with Gasteiger partial charge in [0.05, 0.1) is 36.4 Å². The lowest BCUT2D eigenvalue weighted by Crippen LogP contribution is -2.40. The highest BCUT2D eigenvalue weighted by atomic mass is 19.4. The Morgan fingerprint density at radius 1 is 1.05 bits per heavy atom. The fourth-order valence-electron chi connectivity index (χ4n) is 4.76. The topological polar surface area (TPSA) is 136 Å². The standard InChI is InChI=1S/C26H29F3N8O2/c27-26(28,29)19-4-3-17(36-10-12-39-13-11-36)14-18(19)20-15-33-23(31)22(34-20)25(38)35-24-21(2-1-7-32-24)37-8-5-16(30)6-9-37/h1-4,7,14-16H,5-6,8-13,30H2,(H2,31,33)(H,32,35,38). The van der Waals surface area contributed by atoms with E-state index in [1.54, 1.807) is 6.07 Å². The molecule has 2 aliphatic heterocycles. The number of alkyl halides is 3. The molecule has 1 amide bonds. The molecule has 5 rings (SSSR count). The smallest absolute Gasteiger partial charge is 0.382 e. The number of halogens is 3. The van der Waals surface area contributed by atoms with Crippen molar-refractivity contribution in [2.75, 3.05) is 60.2 Å². The van der Waals surface area contributed by atoms with Gasteiger partial charge in [-0.15, -0.1) is 0 Å². The predicted molar refractivity (Wildman–Crippen MR) is 142 cm³/mol. The number of morpholine rings is 1. The highest BCUT2D eigenvalue weighted by molar-refractivity contribution is 6.06. The number of hydrogen-bond donors (Lipinski definition) is 3. The van der Waals surface area contributed by atoms with E-state index in [9.17, 15) is 18.0 Å². The van der Waals surface area contributed by atoms with E-state index in [0.29, 0.717) is 50.8 Å². The van der Waals surface area contributed by atoms with Crippen molar-refractivity contribution in [1.82, 2.24) is 15.0 Å². The molecule has 0 bridgehead atoms. The maximum absolute atomic E-state index is 14.0. The van der Waals surface area contributed by atoms with Gasteiger partial charge in [0.1, 0.15) is 0 Å². The van der Waals surface area contributed by atoms with E-state index >= 15 is 0 Å². The monoisotopic (exact) mass is 542 g/mol. The molecule has 0 atom stereocenters. The van der Waals surface area contributed by atoms with Crippen molar-refractivity contribution in [1.29, 1.82) is 0 Å². The number of aromatic nitrogens is 3. The number of ether oxygens (including phenoxy) is 1. The molecule has 0 unspecified atom stereocenters. The fourth-order valence-corrected chi connectivity index (χ4v) is 4.76. The van der Waals surface area contributed by atoms with Gasteiger partial charge in [0.25, 0.3) is 5.91 Å². The van der Waals surface area contributed by atoms with Crippen LogP contribution in [0.5, 0.6) is 0 Å². The first-order valence-electron chi connectivity index (χ1n) is 12.6. The number of benzene rings is 1. The largest absolute Gasteiger partial charge is 0.417 e. The van der Waals surface area contributed by atoms with Crippen molar-refractivity contribution in [3.05, 3.63) is 54.0 Å². The number of nitrogens with zero attached hydrogens (tertiary/aromatic N) is 5. The highest BCUT2D eigenvalue weighted by Crippen LogP contribution is 2.39. The molecule has 2 fully saturated rings. The zero-order valence-corrected chi connectivity index (χ0v) is 21.1. The van der Waals surface area contributed by atoms with Gasteiger partial charge in [-0.05, 0) is 43.2 Å². The van der Waals surface area contributed by atoms with Crippen LogP contribution in [0.25, 0.3) is 11.3 Å². The molecule has 0 saturated carbocycles. The Kier molecular flexibility index (Phi) is 7.53. The first kappa shape index (κ1) is 26.6. The summed E-state index contributed by atoms with van der Waals surface area (Å²) in [4.78, 5) is 29.9. The van der Waals surface area contributed by atoms with E-state index in [4.69, 9.17) is 16.2 Å². The van der Waals surface area contributed by atoms with Crippen LogP contribution in [0, 0.1) is 0 Å². The van der Waals surface area contributed by atoms with E-state index in [1.807, 2.05) is 11.0 Å². The minimum absolute atomic E-state index is 0.122. The van der Waals surface area contributed by atoms with Crippen molar-refractivity contribution < 1.29 is 22.7 Å². The second-order valence-electron chi connectivity index (χ2n) is 9.47. The average Bonchev–Trinajstić information content (AvgIpc) is 2.94. The molecule has 13 heteroatoms. The van der Waals surface area contributed by atoms with Gasteiger partial charge in [-0.1, -0.05) is 0 Å². The summed E-state index contributed by atoms with van der Waals surface area (Å²) in [6.45, 7) is 3.44. The van der Waals surface area contributed by atoms with Crippen LogP contribution < -0.4 is 26.6 Å². The Hall–Kier alpha value is -3.97. The summed E-state index contributed by atoms with van der Waals surface area (Å²) in [6, 6.07) is 7.56. The quantitative estimate of drug-likeness (QED) is 0.444. The van der Waals surface area contributed by atoms with Gasteiger partial charge in [-0.3, -0.25) is 4.79 Å². The molecule has 0 radical (unpaired) electrons. The van der Waals surface area contributed by atoms with Gasteiger partial charge in [0.2, 0.25) is 0 Å². The van der Waals surface area contributed by atoms with E-state index in [1.165, 1.54) is 18.3 Å². The van der Waals surface area contributed by atoms with Gasteiger partial charge in [0, 0.05) is 49.7 Å². The fraction of sp³-hybridized carbons (Fsp3) is 0.385. The maximum atomic E-state index is 14.0. The molecule has 39 heavy (non-hydrogen) atoms. The average molecular weight is 543 g/mol. The number of carbonyl (C=O) groups is 1. The van der Waals surface area contributed by atoms with Crippen molar-refractivity contribution in [2.45, 2.75) is 25.1 Å². The number of nitrogens with two attached hydrogens (primary N) is 2. The van der Waals surface area contributed by atoms with E-state index in [0.717, 1.165) is 25.1 Å². The van der Waals surface area contributed by atoms with E-state index in [2.05, 4.69) is 25.2 Å². The van der Waals surface area contributed by atoms with Gasteiger partial charge in [-0.2, -0.15) is 13.2 Å². The van der Waals surface area contributed by atoms with Crippen LogP contribution in [0.2, 0.25) is 0 Å². The number of anilines is 4. The molecular formula is C26H29F3N8O2. The maximum Gasteiger partial charge on any atom is 0.417 e. The van der Waals surface area contributed by atoms with E-state index < -0.39 is 17.6 Å². The highest BCUT2D eigenvalue weighted by Gasteiger charge is 2.35. The molecule has 3 aromatic rings. The Balaban J connectivity index is 1.47. The molecule has 1 aromatic carbocycles. The van der Waals surface area contributed by atoms with Crippen molar-refractivity contribution in [2.24, 2.45) is 5.73 Å². The molecule has 10 nitrogen and oxygen atoms in total. The molecule has 0 aliphatic carbocycles. The van der Waals surface area contributed by atoms with Gasteiger partial charge < -0.3 is 31.3 Å². The van der Waals surface area contributed by atoms with Crippen LogP contribution in [-0.4, -0.2) is 66.3 Å². The number of nitrogen functional groups attached to an aromatic ring is 1. The van der Waals surface area contributed by atoms with Gasteiger partial charge in [-0.25, -0.2) is 15.0 Å². The number of piperidine rings is 1. The Bertz CT molecular complexity index is 1340. The van der Waals surface area contributed by atoms with Gasteiger partial charge in [0.15, 0.2) is 17.3 Å². The third kappa shape index (κ3) is 5.88. The molecular weight excluding hydrogens is 513 g/mol. The molecule has 2 aromatic heterocycles. The van der Waals surface area contributed by atoms with Crippen LogP contribution >= 0.6 is 0 Å². The molecule has 5 N–H and O–H groups in total. The van der Waals surface area contributed by atoms with Crippen LogP contribution in [-0.2, 0) is 10.9 Å². The lowest BCUT2D eigenvalue weighted by Gasteiger charge is -2.32. The number of rotatable bonds is 5. The zero-order chi connectivity index (χ0) is 27.6. The predicted octanol–water partition coefficient (Wildman–Crippen LogP) is 3.16. The number of hydrogen-bond acceptors (Lipinski definition) is 9. The van der Waals surface area contributed by atoms with E-state index in [-0.39, 0.29) is 34.6 Å². The molecule has 2 saturated heterocycles. The number of amides is 1. The van der Waals surface area contributed by atoms with Crippen molar-refractivity contribution in [3.8, 4) is 11.3 Å². The van der Waals surface area contributed by atoms with Crippen LogP contribution in [0.3, 0.4) is 0 Å². The van der Waals surface area contributed by atoms with Crippen LogP contribution in [0.1, 0.15) is 28.9 Å². The summed E-state index contributed by atoms with van der Waals surface area (Å²) in [5.74, 6) is -0.654. The van der Waals surface area contributed by atoms with Crippen molar-refractivity contribution in [3.63, 3.8) is 0 Å². The molecule has 4 heterocycles. The second-order valence-corrected chi connectivity index (χ2v) is 9.47. The summed E-state index contributed by atoms with van der Waals surface area (Å²) < 4.78 is 47.3. The van der Waals surface area contributed by atoms with Crippen LogP contribution in [0.15, 0.2) is 42.7 Å². The number of nitrogens with one attached hydrogen (secondary N) is 1. The normalized spacial score (nSPS) is 16.8. The number of pyridine rings is 1. The Morgan fingerprint density at radius 2 is 1.79 bits per heavy atom. The van der Waals surface area contributed by atoms with Gasteiger partial charge >= 0.3 is 6.18 Å². The first-order valence-corrected chi connectivity index (χ1v) is 12.6. The third-order valence-corrected chi connectivity index (χ3v) is 6.88. The SMILES string of the molecule is Nc1ncc(-c2cc(N3CCOCC3)ccc2C(F)(F)F)nc1C(=O)Nc1ncccc1N1CCC(N)CC1. The lowest BCUT2D eigenvalue weighted by atomic mass is 10.0. The Labute approximate surface area is 223 Å². The minimum Gasteiger partial charge on any atom is -0.382 e. The molecule has 206 valence electrons. The minimum atomic E-state index is -4.65. The third-order valence-electron chi connectivity index (χ3n) is 6.88. The molecule has 0 spiro atoms. The summed E-state index contributed by atoms with van der Waals surface area (Å²) in [6.07, 6.45) is -0.373. The Morgan fingerprint density at radius 3 is 2.51 bits per heavy atom. The summed E-state index contributed by atoms with van der Waals surface area (Å²) >= 11 is 0. The summed E-state index contributed by atoms with van der Waals surface area (Å²) in [7, 11) is 0. The lowest BCUT2D eigenvalue weighted by molar-refractivity contribution is -0.137. The first-order chi connectivity index (χ1) is 18.7. The summed E-state index contributed by atoms with van der Waals surface area (Å²) in [5.41, 5.74) is 11.8. The molecule has 2 aliphatic rings. The summed E-state index contributed by atoms with van der Waals surface area (Å²) in [5, 5.41) is 2.71. The second kappa shape index (κ2) is 11.0. The number of carbonyl (C=O) groups excluding carboxylic acids is 1. The van der Waals surface area contributed by atoms with Crippen molar-refractivity contribution >= 4 is 28.9 Å².